The lowest BCUT2D eigenvalue weighted by atomic mass is 10.2. The van der Waals surface area contributed by atoms with Gasteiger partial charge in [0.05, 0.1) is 23.7 Å². The summed E-state index contributed by atoms with van der Waals surface area (Å²) < 4.78 is 0. The summed E-state index contributed by atoms with van der Waals surface area (Å²) in [7, 11) is 0. The van der Waals surface area contributed by atoms with Crippen molar-refractivity contribution in [2.45, 2.75) is 38.3 Å². The fourth-order valence-electron chi connectivity index (χ4n) is 2.87. The van der Waals surface area contributed by atoms with Gasteiger partial charge in [-0.05, 0) is 37.1 Å². The normalized spacial score (nSPS) is 20.9. The number of rotatable bonds is 3. The first-order chi connectivity index (χ1) is 10.5. The number of nitriles is 1. The highest BCUT2D eigenvalue weighted by Crippen LogP contribution is 2.34. The number of carbonyl (C=O) groups is 3. The van der Waals surface area contributed by atoms with Crippen LogP contribution in [0.3, 0.4) is 0 Å². The molecule has 0 N–H and O–H groups in total. The van der Waals surface area contributed by atoms with E-state index in [9.17, 15) is 14.4 Å². The van der Waals surface area contributed by atoms with Crippen molar-refractivity contribution in [2.24, 2.45) is 0 Å². The van der Waals surface area contributed by atoms with Crippen LogP contribution in [0.4, 0.5) is 5.69 Å². The molecular formula is C16H15N3O3. The van der Waals surface area contributed by atoms with Crippen LogP contribution in [0, 0.1) is 11.3 Å². The molecule has 0 bridgehead atoms. The van der Waals surface area contributed by atoms with E-state index in [1.807, 2.05) is 6.07 Å². The van der Waals surface area contributed by atoms with Crippen LogP contribution in [0.1, 0.15) is 31.7 Å². The lowest BCUT2D eigenvalue weighted by molar-refractivity contribution is -0.137. The molecule has 3 amide bonds. The summed E-state index contributed by atoms with van der Waals surface area (Å²) in [6, 6.07) is 7.65. The van der Waals surface area contributed by atoms with E-state index in [-0.39, 0.29) is 30.2 Å². The van der Waals surface area contributed by atoms with E-state index in [2.05, 4.69) is 0 Å². The van der Waals surface area contributed by atoms with Gasteiger partial charge in [0.25, 0.3) is 5.91 Å². The quantitative estimate of drug-likeness (QED) is 0.785. The maximum absolute atomic E-state index is 12.6. The lowest BCUT2D eigenvalue weighted by Crippen LogP contribution is -2.45. The second-order valence-electron chi connectivity index (χ2n) is 5.60. The van der Waals surface area contributed by atoms with E-state index < -0.39 is 6.04 Å². The Hall–Kier alpha value is -2.68. The Morgan fingerprint density at radius 3 is 2.41 bits per heavy atom. The van der Waals surface area contributed by atoms with Gasteiger partial charge in [0.2, 0.25) is 11.8 Å². The molecule has 112 valence electrons. The van der Waals surface area contributed by atoms with Crippen LogP contribution in [-0.2, 0) is 14.4 Å². The Labute approximate surface area is 127 Å². The van der Waals surface area contributed by atoms with Gasteiger partial charge in [0, 0.05) is 13.0 Å². The highest BCUT2D eigenvalue weighted by atomic mass is 16.2. The molecule has 0 radical (unpaired) electrons. The molecule has 1 aliphatic heterocycles. The molecule has 1 atom stereocenters. The van der Waals surface area contributed by atoms with E-state index in [0.29, 0.717) is 11.3 Å². The van der Waals surface area contributed by atoms with Crippen molar-refractivity contribution in [3.63, 3.8) is 0 Å². The number of carbonyl (C=O) groups excluding carboxylic acids is 3. The van der Waals surface area contributed by atoms with E-state index in [4.69, 9.17) is 5.26 Å². The minimum Gasteiger partial charge on any atom is -0.327 e. The second-order valence-corrected chi connectivity index (χ2v) is 5.60. The van der Waals surface area contributed by atoms with E-state index in [0.717, 1.165) is 17.7 Å². The molecule has 6 nitrogen and oxygen atoms in total. The highest BCUT2D eigenvalue weighted by Gasteiger charge is 2.47. The van der Waals surface area contributed by atoms with Gasteiger partial charge in [-0.25, -0.2) is 4.90 Å². The Kier molecular flexibility index (Phi) is 3.41. The third-order valence-electron chi connectivity index (χ3n) is 4.02. The Balaban J connectivity index is 1.87. The molecule has 1 aliphatic carbocycles. The molecule has 1 saturated carbocycles. The van der Waals surface area contributed by atoms with Crippen molar-refractivity contribution in [3.05, 3.63) is 29.8 Å². The van der Waals surface area contributed by atoms with Crippen molar-refractivity contribution in [2.75, 3.05) is 4.90 Å². The summed E-state index contributed by atoms with van der Waals surface area (Å²) in [5, 5.41) is 8.80. The van der Waals surface area contributed by atoms with Gasteiger partial charge in [-0.1, -0.05) is 0 Å². The first-order valence-corrected chi connectivity index (χ1v) is 7.19. The molecule has 0 aromatic heterocycles. The van der Waals surface area contributed by atoms with Crippen molar-refractivity contribution < 1.29 is 14.4 Å². The molecule has 2 fully saturated rings. The molecule has 1 heterocycles. The van der Waals surface area contributed by atoms with Crippen molar-refractivity contribution in [1.29, 1.82) is 5.26 Å². The summed E-state index contributed by atoms with van der Waals surface area (Å²) in [5.41, 5.74) is 0.901. The standard InChI is InChI=1S/C16H15N3O3/c1-10(20)18(12-6-7-12)14-8-15(21)19(16(14)22)13-4-2-11(9-17)3-5-13/h2-5,12,14H,6-8H2,1H3. The second kappa shape index (κ2) is 5.26. The van der Waals surface area contributed by atoms with Crippen LogP contribution in [-0.4, -0.2) is 34.7 Å². The Bertz CT molecular complexity index is 686. The number of hydrogen-bond acceptors (Lipinski definition) is 4. The van der Waals surface area contributed by atoms with Crippen LogP contribution < -0.4 is 4.90 Å². The topological polar surface area (TPSA) is 81.5 Å². The Morgan fingerprint density at radius 1 is 1.27 bits per heavy atom. The van der Waals surface area contributed by atoms with Gasteiger partial charge in [-0.2, -0.15) is 5.26 Å². The van der Waals surface area contributed by atoms with E-state index in [1.54, 1.807) is 29.2 Å². The predicted octanol–water partition coefficient (Wildman–Crippen LogP) is 1.20. The average Bonchev–Trinajstić information content (AvgIpc) is 3.27. The molecule has 1 aromatic rings. The van der Waals surface area contributed by atoms with Crippen molar-refractivity contribution >= 4 is 23.4 Å². The van der Waals surface area contributed by atoms with Gasteiger partial charge in [0.15, 0.2) is 0 Å². The van der Waals surface area contributed by atoms with Gasteiger partial charge < -0.3 is 4.90 Å². The maximum atomic E-state index is 12.6. The number of anilines is 1. The number of benzene rings is 1. The van der Waals surface area contributed by atoms with Crippen LogP contribution >= 0.6 is 0 Å². The van der Waals surface area contributed by atoms with E-state index >= 15 is 0 Å². The van der Waals surface area contributed by atoms with Crippen molar-refractivity contribution in [3.8, 4) is 6.07 Å². The number of hydrogen-bond donors (Lipinski definition) is 0. The molecule has 2 aliphatic rings. The molecule has 1 unspecified atom stereocenters. The predicted molar refractivity (Wildman–Crippen MR) is 77.6 cm³/mol. The molecule has 1 aromatic carbocycles. The summed E-state index contributed by atoms with van der Waals surface area (Å²) in [4.78, 5) is 39.3. The van der Waals surface area contributed by atoms with Crippen LogP contribution in [0.25, 0.3) is 0 Å². The maximum Gasteiger partial charge on any atom is 0.257 e. The fourth-order valence-corrected chi connectivity index (χ4v) is 2.87. The Morgan fingerprint density at radius 2 is 1.91 bits per heavy atom. The fraction of sp³-hybridized carbons (Fsp3) is 0.375. The molecule has 22 heavy (non-hydrogen) atoms. The third-order valence-corrected chi connectivity index (χ3v) is 4.02. The van der Waals surface area contributed by atoms with Crippen LogP contribution in [0.2, 0.25) is 0 Å². The average molecular weight is 297 g/mol. The van der Waals surface area contributed by atoms with Gasteiger partial charge >= 0.3 is 0 Å². The number of amides is 3. The highest BCUT2D eigenvalue weighted by molar-refractivity contribution is 6.23. The summed E-state index contributed by atoms with van der Waals surface area (Å²) in [6.45, 7) is 1.43. The first-order valence-electron chi connectivity index (χ1n) is 7.19. The summed E-state index contributed by atoms with van der Waals surface area (Å²) >= 11 is 0. The summed E-state index contributed by atoms with van der Waals surface area (Å²) in [5.74, 6) is -0.848. The zero-order chi connectivity index (χ0) is 15.9. The molecule has 3 rings (SSSR count). The van der Waals surface area contributed by atoms with Gasteiger partial charge in [-0.15, -0.1) is 0 Å². The van der Waals surface area contributed by atoms with Crippen LogP contribution in [0.5, 0.6) is 0 Å². The van der Waals surface area contributed by atoms with Gasteiger partial charge in [0.1, 0.15) is 6.04 Å². The SMILES string of the molecule is CC(=O)N(C1CC1)C1CC(=O)N(c2ccc(C#N)cc2)C1=O. The number of imide groups is 1. The molecule has 1 saturated heterocycles. The zero-order valence-corrected chi connectivity index (χ0v) is 12.2. The van der Waals surface area contributed by atoms with Crippen LogP contribution in [0.15, 0.2) is 24.3 Å². The monoisotopic (exact) mass is 297 g/mol. The number of nitrogens with zero attached hydrogens (tertiary/aromatic N) is 3. The molecule has 6 heteroatoms. The van der Waals surface area contributed by atoms with E-state index in [1.165, 1.54) is 6.92 Å². The molecular weight excluding hydrogens is 282 g/mol. The van der Waals surface area contributed by atoms with Crippen molar-refractivity contribution in [1.82, 2.24) is 4.90 Å². The third kappa shape index (κ3) is 2.35. The smallest absolute Gasteiger partial charge is 0.257 e. The first kappa shape index (κ1) is 14.3. The minimum absolute atomic E-state index is 0.0227. The minimum atomic E-state index is -0.701. The van der Waals surface area contributed by atoms with Gasteiger partial charge in [-0.3, -0.25) is 14.4 Å². The largest absolute Gasteiger partial charge is 0.327 e. The zero-order valence-electron chi connectivity index (χ0n) is 12.2. The summed E-state index contributed by atoms with van der Waals surface area (Å²) in [6.07, 6.45) is 1.79. The molecule has 0 spiro atoms. The lowest BCUT2D eigenvalue weighted by Gasteiger charge is -2.26.